The quantitative estimate of drug-likeness (QED) is 0.570. The first-order chi connectivity index (χ1) is 12.6. The molecule has 0 amide bonds. The second-order valence-electron chi connectivity index (χ2n) is 6.61. The smallest absolute Gasteiger partial charge is 0.337 e. The summed E-state index contributed by atoms with van der Waals surface area (Å²) in [6.07, 6.45) is 1.87. The predicted octanol–water partition coefficient (Wildman–Crippen LogP) is 4.85. The molecule has 2 atom stereocenters. The largest absolute Gasteiger partial charge is 0.489 e. The Hall–Kier alpha value is -2.59. The summed E-state index contributed by atoms with van der Waals surface area (Å²) in [6.45, 7) is 6.63. The number of carbonyl (C=O) groups excluding carboxylic acids is 1. The average molecular weight is 352 g/mol. The van der Waals surface area contributed by atoms with E-state index >= 15 is 0 Å². The van der Waals surface area contributed by atoms with Gasteiger partial charge in [0.15, 0.2) is 0 Å². The van der Waals surface area contributed by atoms with Gasteiger partial charge in [-0.25, -0.2) is 4.79 Å². The van der Waals surface area contributed by atoms with Gasteiger partial charge in [-0.05, 0) is 43.5 Å². The lowest BCUT2D eigenvalue weighted by Crippen LogP contribution is -2.21. The number of ether oxygens (including phenoxy) is 3. The predicted molar refractivity (Wildman–Crippen MR) is 100 cm³/mol. The van der Waals surface area contributed by atoms with E-state index in [4.69, 9.17) is 14.2 Å². The Labute approximate surface area is 154 Å². The third-order valence-electron chi connectivity index (χ3n) is 4.48. The van der Waals surface area contributed by atoms with Gasteiger partial charge in [0, 0.05) is 5.56 Å². The maximum Gasteiger partial charge on any atom is 0.337 e. The number of esters is 1. The van der Waals surface area contributed by atoms with Gasteiger partial charge >= 0.3 is 5.97 Å². The second kappa shape index (κ2) is 8.19. The van der Waals surface area contributed by atoms with Crippen molar-refractivity contribution >= 4 is 5.97 Å². The Morgan fingerprint density at radius 3 is 2.58 bits per heavy atom. The lowest BCUT2D eigenvalue weighted by Gasteiger charge is -2.30. The van der Waals surface area contributed by atoms with Gasteiger partial charge in [0.05, 0.1) is 24.9 Å². The molecule has 0 spiro atoms. The molecule has 1 fully saturated rings. The lowest BCUT2D eigenvalue weighted by molar-refractivity contribution is -0.0237. The van der Waals surface area contributed by atoms with E-state index in [2.05, 4.69) is 13.5 Å². The van der Waals surface area contributed by atoms with E-state index in [9.17, 15) is 4.79 Å². The topological polar surface area (TPSA) is 44.8 Å². The Bertz CT molecular complexity index is 779. The van der Waals surface area contributed by atoms with E-state index in [1.165, 1.54) is 12.7 Å². The minimum absolute atomic E-state index is 0.0239. The number of methoxy groups -OCH3 is 1. The van der Waals surface area contributed by atoms with Crippen molar-refractivity contribution in [3.63, 3.8) is 0 Å². The molecule has 1 aliphatic heterocycles. The number of carbonyl (C=O) groups is 1. The van der Waals surface area contributed by atoms with Crippen LogP contribution in [0.2, 0.25) is 0 Å². The molecular weight excluding hydrogens is 328 g/mol. The van der Waals surface area contributed by atoms with Crippen molar-refractivity contribution in [2.45, 2.75) is 38.6 Å². The van der Waals surface area contributed by atoms with Gasteiger partial charge in [0.25, 0.3) is 0 Å². The van der Waals surface area contributed by atoms with Crippen LogP contribution < -0.4 is 4.74 Å². The summed E-state index contributed by atoms with van der Waals surface area (Å²) in [6, 6.07) is 15.2. The van der Waals surface area contributed by atoms with E-state index < -0.39 is 0 Å². The van der Waals surface area contributed by atoms with Crippen LogP contribution >= 0.6 is 0 Å². The minimum Gasteiger partial charge on any atom is -0.489 e. The van der Waals surface area contributed by atoms with Crippen molar-refractivity contribution in [1.29, 1.82) is 0 Å². The fraction of sp³-hybridized carbons (Fsp3) is 0.318. The molecule has 2 aromatic rings. The van der Waals surface area contributed by atoms with Crippen LogP contribution in [0.5, 0.6) is 5.75 Å². The van der Waals surface area contributed by atoms with Crippen LogP contribution in [0.1, 0.15) is 47.4 Å². The van der Waals surface area contributed by atoms with E-state index in [0.29, 0.717) is 12.2 Å². The number of benzene rings is 2. The van der Waals surface area contributed by atoms with Crippen LogP contribution in [-0.4, -0.2) is 19.2 Å². The van der Waals surface area contributed by atoms with Crippen molar-refractivity contribution in [3.8, 4) is 5.75 Å². The first kappa shape index (κ1) is 18.2. The summed E-state index contributed by atoms with van der Waals surface area (Å²) in [5.41, 5.74) is 3.77. The Kier molecular flexibility index (Phi) is 5.74. The van der Waals surface area contributed by atoms with E-state index in [-0.39, 0.29) is 18.2 Å². The van der Waals surface area contributed by atoms with Gasteiger partial charge in [-0.1, -0.05) is 42.5 Å². The fourth-order valence-electron chi connectivity index (χ4n) is 3.21. The maximum atomic E-state index is 11.5. The fourth-order valence-corrected chi connectivity index (χ4v) is 3.21. The second-order valence-corrected chi connectivity index (χ2v) is 6.61. The highest BCUT2D eigenvalue weighted by molar-refractivity contribution is 5.89. The average Bonchev–Trinajstić information content (AvgIpc) is 2.65. The molecule has 0 radical (unpaired) electrons. The molecule has 1 heterocycles. The van der Waals surface area contributed by atoms with E-state index in [1.54, 1.807) is 12.1 Å². The maximum absolute atomic E-state index is 11.5. The molecule has 0 unspecified atom stereocenters. The molecule has 1 aliphatic rings. The normalized spacial score (nSPS) is 19.8. The number of hydrogen-bond acceptors (Lipinski definition) is 4. The zero-order valence-electron chi connectivity index (χ0n) is 15.2. The van der Waals surface area contributed by atoms with E-state index in [0.717, 1.165) is 29.7 Å². The SMILES string of the molecule is C=C1C[C@@H](C)O[C@@H](c2ccccc2OCc2ccc(C(=O)OC)cc2)C1. The highest BCUT2D eigenvalue weighted by atomic mass is 16.5. The van der Waals surface area contributed by atoms with Gasteiger partial charge < -0.3 is 14.2 Å². The van der Waals surface area contributed by atoms with Gasteiger partial charge in [0.2, 0.25) is 0 Å². The molecule has 2 aromatic carbocycles. The highest BCUT2D eigenvalue weighted by Gasteiger charge is 2.25. The van der Waals surface area contributed by atoms with Gasteiger partial charge in [0.1, 0.15) is 12.4 Å². The number of hydrogen-bond donors (Lipinski definition) is 0. The van der Waals surface area contributed by atoms with Crippen LogP contribution in [-0.2, 0) is 16.1 Å². The van der Waals surface area contributed by atoms with Crippen molar-refractivity contribution in [1.82, 2.24) is 0 Å². The molecular formula is C22H24O4. The van der Waals surface area contributed by atoms with Gasteiger partial charge in [-0.2, -0.15) is 0 Å². The molecule has 0 N–H and O–H groups in total. The molecule has 136 valence electrons. The first-order valence-electron chi connectivity index (χ1n) is 8.78. The molecule has 4 heteroatoms. The van der Waals surface area contributed by atoms with Crippen LogP contribution in [0.4, 0.5) is 0 Å². The lowest BCUT2D eigenvalue weighted by atomic mass is 9.95. The molecule has 0 bridgehead atoms. The summed E-state index contributed by atoms with van der Waals surface area (Å²) >= 11 is 0. The third-order valence-corrected chi connectivity index (χ3v) is 4.48. The highest BCUT2D eigenvalue weighted by Crippen LogP contribution is 2.37. The molecule has 0 saturated carbocycles. The minimum atomic E-state index is -0.341. The summed E-state index contributed by atoms with van der Waals surface area (Å²) < 4.78 is 16.9. The van der Waals surface area contributed by atoms with Crippen LogP contribution in [0.3, 0.4) is 0 Å². The van der Waals surface area contributed by atoms with Crippen LogP contribution in [0.25, 0.3) is 0 Å². The number of para-hydroxylation sites is 1. The molecule has 4 nitrogen and oxygen atoms in total. The summed E-state index contributed by atoms with van der Waals surface area (Å²) in [5, 5.41) is 0. The zero-order valence-corrected chi connectivity index (χ0v) is 15.2. The van der Waals surface area contributed by atoms with Gasteiger partial charge in [-0.15, -0.1) is 0 Å². The summed E-state index contributed by atoms with van der Waals surface area (Å²) in [4.78, 5) is 11.5. The van der Waals surface area contributed by atoms with Crippen LogP contribution in [0, 0.1) is 0 Å². The molecule has 1 saturated heterocycles. The molecule has 26 heavy (non-hydrogen) atoms. The zero-order chi connectivity index (χ0) is 18.5. The first-order valence-corrected chi connectivity index (χ1v) is 8.78. The third kappa shape index (κ3) is 4.33. The van der Waals surface area contributed by atoms with Crippen molar-refractivity contribution in [3.05, 3.63) is 77.4 Å². The summed E-state index contributed by atoms with van der Waals surface area (Å²) in [7, 11) is 1.37. The van der Waals surface area contributed by atoms with E-state index in [1.807, 2.05) is 36.4 Å². The van der Waals surface area contributed by atoms with Crippen molar-refractivity contribution in [2.75, 3.05) is 7.11 Å². The van der Waals surface area contributed by atoms with Crippen molar-refractivity contribution < 1.29 is 19.0 Å². The Balaban J connectivity index is 1.70. The summed E-state index contributed by atoms with van der Waals surface area (Å²) in [5.74, 6) is 0.475. The van der Waals surface area contributed by atoms with Crippen molar-refractivity contribution in [2.24, 2.45) is 0 Å². The molecule has 0 aromatic heterocycles. The molecule has 3 rings (SSSR count). The Morgan fingerprint density at radius 1 is 1.15 bits per heavy atom. The Morgan fingerprint density at radius 2 is 1.88 bits per heavy atom. The van der Waals surface area contributed by atoms with Crippen LogP contribution in [0.15, 0.2) is 60.7 Å². The standard InChI is InChI=1S/C22H24O4/c1-15-12-16(2)26-21(13-15)19-6-4-5-7-20(19)25-14-17-8-10-18(11-9-17)22(23)24-3/h4-11,16,21H,1,12-14H2,2-3H3/t16-,21-/m1/s1. The number of rotatable bonds is 5. The molecule has 0 aliphatic carbocycles. The monoisotopic (exact) mass is 352 g/mol. The van der Waals surface area contributed by atoms with Gasteiger partial charge in [-0.3, -0.25) is 0 Å².